The lowest BCUT2D eigenvalue weighted by molar-refractivity contribution is 0.101. The summed E-state index contributed by atoms with van der Waals surface area (Å²) in [6, 6.07) is 5.20. The molecule has 7 nitrogen and oxygen atoms in total. The van der Waals surface area contributed by atoms with E-state index in [0.29, 0.717) is 16.6 Å². The van der Waals surface area contributed by atoms with E-state index in [9.17, 15) is 4.79 Å². The first-order valence-corrected chi connectivity index (χ1v) is 7.89. The predicted octanol–water partition coefficient (Wildman–Crippen LogP) is 3.27. The molecule has 1 N–H and O–H groups in total. The van der Waals surface area contributed by atoms with Crippen molar-refractivity contribution >= 4 is 46.7 Å². The van der Waals surface area contributed by atoms with Gasteiger partial charge in [0.15, 0.2) is 0 Å². The van der Waals surface area contributed by atoms with Crippen LogP contribution in [0.4, 0.5) is 5.95 Å². The monoisotopic (exact) mass is 384 g/mol. The highest BCUT2D eigenvalue weighted by Gasteiger charge is 2.17. The molecule has 3 aromatic rings. The molecule has 10 heteroatoms. The Kier molecular flexibility index (Phi) is 4.75. The van der Waals surface area contributed by atoms with E-state index < -0.39 is 5.91 Å². The Morgan fingerprint density at radius 1 is 1.25 bits per heavy atom. The first-order chi connectivity index (χ1) is 11.4. The van der Waals surface area contributed by atoms with Crippen LogP contribution in [0.3, 0.4) is 0 Å². The maximum absolute atomic E-state index is 12.2. The maximum atomic E-state index is 12.2. The van der Waals surface area contributed by atoms with Gasteiger partial charge in [-0.3, -0.25) is 14.8 Å². The predicted molar refractivity (Wildman–Crippen MR) is 91.8 cm³/mol. The zero-order chi connectivity index (χ0) is 17.3. The number of benzene rings is 1. The lowest BCUT2D eigenvalue weighted by Gasteiger charge is -2.04. The second-order valence-electron chi connectivity index (χ2n) is 4.92. The molecule has 0 unspecified atom stereocenters. The molecule has 124 valence electrons. The van der Waals surface area contributed by atoms with E-state index in [0.717, 1.165) is 5.56 Å². The van der Waals surface area contributed by atoms with E-state index in [-0.39, 0.29) is 16.7 Å². The molecule has 0 saturated heterocycles. The number of amides is 1. The van der Waals surface area contributed by atoms with Crippen LogP contribution in [0.15, 0.2) is 30.7 Å². The molecule has 2 aromatic heterocycles. The van der Waals surface area contributed by atoms with E-state index in [4.69, 9.17) is 34.8 Å². The third kappa shape index (κ3) is 3.53. The summed E-state index contributed by atoms with van der Waals surface area (Å²) in [6.45, 7) is 0.394. The average molecular weight is 386 g/mol. The molecule has 2 heterocycles. The summed E-state index contributed by atoms with van der Waals surface area (Å²) in [6.07, 6.45) is 2.89. The summed E-state index contributed by atoms with van der Waals surface area (Å²) in [4.78, 5) is 16.2. The molecule has 0 saturated carbocycles. The van der Waals surface area contributed by atoms with Crippen LogP contribution >= 0.6 is 34.8 Å². The van der Waals surface area contributed by atoms with Crippen molar-refractivity contribution in [2.45, 2.75) is 6.54 Å². The summed E-state index contributed by atoms with van der Waals surface area (Å²) in [5.41, 5.74) is 1.06. The van der Waals surface area contributed by atoms with Gasteiger partial charge in [0, 0.05) is 17.1 Å². The Bertz CT molecular complexity index is 884. The third-order valence-corrected chi connectivity index (χ3v) is 4.08. The van der Waals surface area contributed by atoms with Gasteiger partial charge in [-0.15, -0.1) is 5.10 Å². The van der Waals surface area contributed by atoms with Crippen LogP contribution in [-0.4, -0.2) is 30.5 Å². The number of halogens is 3. The van der Waals surface area contributed by atoms with Gasteiger partial charge >= 0.3 is 0 Å². The van der Waals surface area contributed by atoms with Crippen molar-refractivity contribution in [3.05, 3.63) is 57.0 Å². The van der Waals surface area contributed by atoms with Crippen LogP contribution in [0.5, 0.6) is 0 Å². The summed E-state index contributed by atoms with van der Waals surface area (Å²) >= 11 is 17.9. The average Bonchev–Trinajstić information content (AvgIpc) is 3.08. The molecule has 1 aromatic carbocycles. The van der Waals surface area contributed by atoms with Crippen molar-refractivity contribution in [1.29, 1.82) is 0 Å². The minimum atomic E-state index is -0.442. The zero-order valence-corrected chi connectivity index (χ0v) is 14.6. The fraction of sp³-hybridized carbons (Fsp3) is 0.143. The fourth-order valence-corrected chi connectivity index (χ4v) is 2.80. The van der Waals surface area contributed by atoms with Crippen LogP contribution in [0.25, 0.3) is 0 Å². The number of carbonyl (C=O) groups is 1. The van der Waals surface area contributed by atoms with E-state index in [1.165, 1.54) is 17.2 Å². The number of anilines is 1. The van der Waals surface area contributed by atoms with Crippen LogP contribution in [0.2, 0.25) is 15.1 Å². The molecule has 0 fully saturated rings. The molecule has 0 atom stereocenters. The van der Waals surface area contributed by atoms with Gasteiger partial charge in [-0.05, 0) is 17.7 Å². The summed E-state index contributed by atoms with van der Waals surface area (Å²) in [5.74, 6) is -0.287. The molecule has 0 bridgehead atoms. The van der Waals surface area contributed by atoms with E-state index in [1.54, 1.807) is 29.9 Å². The van der Waals surface area contributed by atoms with Crippen molar-refractivity contribution in [2.24, 2.45) is 7.05 Å². The highest BCUT2D eigenvalue weighted by atomic mass is 35.5. The van der Waals surface area contributed by atoms with Crippen LogP contribution in [0.1, 0.15) is 16.1 Å². The molecule has 0 aliphatic heterocycles. The zero-order valence-electron chi connectivity index (χ0n) is 12.4. The Morgan fingerprint density at radius 2 is 2.04 bits per heavy atom. The van der Waals surface area contributed by atoms with Crippen LogP contribution in [0, 0.1) is 0 Å². The van der Waals surface area contributed by atoms with Gasteiger partial charge < -0.3 is 0 Å². The lowest BCUT2D eigenvalue weighted by Crippen LogP contribution is -2.17. The second kappa shape index (κ2) is 6.80. The summed E-state index contributed by atoms with van der Waals surface area (Å²) in [5, 5.41) is 12.0. The molecule has 0 radical (unpaired) electrons. The minimum Gasteiger partial charge on any atom is -0.288 e. The molecule has 3 rings (SSSR count). The van der Waals surface area contributed by atoms with E-state index in [2.05, 4.69) is 20.5 Å². The largest absolute Gasteiger partial charge is 0.288 e. The van der Waals surface area contributed by atoms with E-state index >= 15 is 0 Å². The normalized spacial score (nSPS) is 10.8. The smallest absolute Gasteiger partial charge is 0.277 e. The van der Waals surface area contributed by atoms with Crippen molar-refractivity contribution in [3.63, 3.8) is 0 Å². The van der Waals surface area contributed by atoms with Gasteiger partial charge in [-0.1, -0.05) is 40.9 Å². The van der Waals surface area contributed by atoms with Gasteiger partial charge in [-0.2, -0.15) is 5.10 Å². The van der Waals surface area contributed by atoms with E-state index in [1.807, 2.05) is 0 Å². The van der Waals surface area contributed by atoms with Crippen molar-refractivity contribution in [1.82, 2.24) is 24.5 Å². The maximum Gasteiger partial charge on any atom is 0.277 e. The van der Waals surface area contributed by atoms with Crippen molar-refractivity contribution in [2.75, 3.05) is 5.32 Å². The Balaban J connectivity index is 1.73. The van der Waals surface area contributed by atoms with Crippen molar-refractivity contribution < 1.29 is 4.79 Å². The quantitative estimate of drug-likeness (QED) is 0.747. The molecule has 24 heavy (non-hydrogen) atoms. The minimum absolute atomic E-state index is 0.155. The number of hydrogen-bond donors (Lipinski definition) is 1. The lowest BCUT2D eigenvalue weighted by atomic mass is 10.2. The number of nitrogens with one attached hydrogen (secondary N) is 1. The van der Waals surface area contributed by atoms with Crippen LogP contribution in [-0.2, 0) is 13.6 Å². The van der Waals surface area contributed by atoms with Gasteiger partial charge in [0.1, 0.15) is 12.0 Å². The number of aromatic nitrogens is 5. The van der Waals surface area contributed by atoms with Gasteiger partial charge in [0.2, 0.25) is 5.95 Å². The first-order valence-electron chi connectivity index (χ1n) is 6.76. The Labute approximate surface area is 152 Å². The molecular weight excluding hydrogens is 375 g/mol. The highest BCUT2D eigenvalue weighted by Crippen LogP contribution is 2.21. The van der Waals surface area contributed by atoms with Gasteiger partial charge in [0.25, 0.3) is 5.91 Å². The van der Waals surface area contributed by atoms with Crippen molar-refractivity contribution in [3.8, 4) is 0 Å². The van der Waals surface area contributed by atoms with Crippen LogP contribution < -0.4 is 5.32 Å². The SMILES string of the molecule is Cn1ncc(Cl)c1C(=O)Nc1ncn(Cc2ccc(Cl)cc2Cl)n1. The standard InChI is InChI=1S/C14H11Cl3N6O/c1-22-12(11(17)5-19-22)13(24)20-14-18-7-23(21-14)6-8-2-3-9(15)4-10(8)16/h2-5,7H,6H2,1H3,(H,20,21,24). The number of rotatable bonds is 4. The fourth-order valence-electron chi connectivity index (χ4n) is 2.08. The number of carbonyl (C=O) groups excluding carboxylic acids is 1. The highest BCUT2D eigenvalue weighted by molar-refractivity contribution is 6.35. The summed E-state index contributed by atoms with van der Waals surface area (Å²) < 4.78 is 2.93. The number of nitrogens with zero attached hydrogens (tertiary/aromatic N) is 5. The van der Waals surface area contributed by atoms with Gasteiger partial charge in [-0.25, -0.2) is 9.67 Å². The molecule has 1 amide bonds. The number of hydrogen-bond acceptors (Lipinski definition) is 4. The second-order valence-corrected chi connectivity index (χ2v) is 6.17. The topological polar surface area (TPSA) is 77.6 Å². The number of aryl methyl sites for hydroxylation is 1. The molecule has 0 aliphatic carbocycles. The Hall–Kier alpha value is -2.09. The summed E-state index contributed by atoms with van der Waals surface area (Å²) in [7, 11) is 1.62. The Morgan fingerprint density at radius 3 is 2.71 bits per heavy atom. The molecule has 0 aliphatic rings. The third-order valence-electron chi connectivity index (χ3n) is 3.22. The molecule has 0 spiro atoms. The molecular formula is C14H11Cl3N6O. The first kappa shape index (κ1) is 16.8. The van der Waals surface area contributed by atoms with Gasteiger partial charge in [0.05, 0.1) is 17.8 Å².